The minimum Gasteiger partial charge on any atom is -0.508 e. The molecule has 3 rings (SSSR count). The second kappa shape index (κ2) is 6.99. The maximum Gasteiger partial charge on any atom is 0.116 e. The quantitative estimate of drug-likeness (QED) is 0.792. The number of phenols is 1. The molecule has 0 spiro atoms. The first kappa shape index (κ1) is 14.5. The number of hydrogen-bond acceptors (Lipinski definition) is 2. The zero-order valence-corrected chi connectivity index (χ0v) is 12.7. The number of H-pyrrole nitrogens is 1. The maximum absolute atomic E-state index is 9.63. The summed E-state index contributed by atoms with van der Waals surface area (Å²) < 4.78 is 0. The van der Waals surface area contributed by atoms with Crippen LogP contribution in [0.1, 0.15) is 50.5 Å². The van der Waals surface area contributed by atoms with Gasteiger partial charge in [0.2, 0.25) is 0 Å². The van der Waals surface area contributed by atoms with Crippen LogP contribution >= 0.6 is 0 Å². The van der Waals surface area contributed by atoms with Crippen LogP contribution in [-0.2, 0) is 6.42 Å². The van der Waals surface area contributed by atoms with Crippen molar-refractivity contribution in [2.45, 2.75) is 57.4 Å². The lowest BCUT2D eigenvalue weighted by Gasteiger charge is -2.21. The fourth-order valence-electron chi connectivity index (χ4n) is 3.44. The highest BCUT2D eigenvalue weighted by Gasteiger charge is 2.11. The number of aromatic hydroxyl groups is 1. The van der Waals surface area contributed by atoms with E-state index >= 15 is 0 Å². The molecule has 3 heteroatoms. The van der Waals surface area contributed by atoms with Crippen molar-refractivity contribution >= 4 is 10.9 Å². The van der Waals surface area contributed by atoms with Crippen LogP contribution in [-0.4, -0.2) is 22.7 Å². The highest BCUT2D eigenvalue weighted by molar-refractivity contribution is 5.84. The van der Waals surface area contributed by atoms with Crippen molar-refractivity contribution in [3.8, 4) is 5.75 Å². The lowest BCUT2D eigenvalue weighted by Crippen LogP contribution is -2.31. The van der Waals surface area contributed by atoms with Gasteiger partial charge in [-0.25, -0.2) is 0 Å². The summed E-state index contributed by atoms with van der Waals surface area (Å²) in [4.78, 5) is 3.28. The molecule has 0 bridgehead atoms. The lowest BCUT2D eigenvalue weighted by atomic mass is 9.96. The van der Waals surface area contributed by atoms with E-state index in [1.54, 1.807) is 6.07 Å². The van der Waals surface area contributed by atoms with E-state index in [1.165, 1.54) is 50.5 Å². The number of fused-ring (bicyclic) bond motifs is 1. The van der Waals surface area contributed by atoms with Gasteiger partial charge in [-0.3, -0.25) is 0 Å². The zero-order valence-electron chi connectivity index (χ0n) is 12.7. The van der Waals surface area contributed by atoms with E-state index in [4.69, 9.17) is 0 Å². The number of aromatic amines is 1. The van der Waals surface area contributed by atoms with E-state index in [-0.39, 0.29) is 0 Å². The van der Waals surface area contributed by atoms with Gasteiger partial charge < -0.3 is 15.4 Å². The summed E-state index contributed by atoms with van der Waals surface area (Å²) in [6, 6.07) is 6.23. The monoisotopic (exact) mass is 286 g/mol. The van der Waals surface area contributed by atoms with Crippen LogP contribution in [0.25, 0.3) is 10.9 Å². The standard InChI is InChI=1S/C18H26N2O/c21-16-8-9-18-17(12-16)14(13-20-18)10-11-19-15-6-4-2-1-3-5-7-15/h8-9,12-13,15,19-21H,1-7,10-11H2. The Morgan fingerprint density at radius 1 is 1.10 bits per heavy atom. The van der Waals surface area contributed by atoms with Gasteiger partial charge >= 0.3 is 0 Å². The molecule has 1 aromatic carbocycles. The van der Waals surface area contributed by atoms with Gasteiger partial charge in [0.15, 0.2) is 0 Å². The van der Waals surface area contributed by atoms with Crippen LogP contribution in [0.5, 0.6) is 5.75 Å². The summed E-state index contributed by atoms with van der Waals surface area (Å²) >= 11 is 0. The predicted molar refractivity (Wildman–Crippen MR) is 87.8 cm³/mol. The topological polar surface area (TPSA) is 48.0 Å². The molecule has 1 aliphatic carbocycles. The van der Waals surface area contributed by atoms with Crippen molar-refractivity contribution in [2.75, 3.05) is 6.54 Å². The summed E-state index contributed by atoms with van der Waals surface area (Å²) in [5.41, 5.74) is 2.40. The minimum atomic E-state index is 0.344. The lowest BCUT2D eigenvalue weighted by molar-refractivity contribution is 0.392. The van der Waals surface area contributed by atoms with Gasteiger partial charge in [0.25, 0.3) is 0 Å². The first-order valence-corrected chi connectivity index (χ1v) is 8.35. The number of aromatic nitrogens is 1. The van der Waals surface area contributed by atoms with Crippen molar-refractivity contribution in [1.82, 2.24) is 10.3 Å². The van der Waals surface area contributed by atoms with Crippen LogP contribution in [0.2, 0.25) is 0 Å². The fraction of sp³-hybridized carbons (Fsp3) is 0.556. The first-order valence-electron chi connectivity index (χ1n) is 8.35. The van der Waals surface area contributed by atoms with E-state index in [1.807, 2.05) is 12.1 Å². The van der Waals surface area contributed by atoms with Crippen molar-refractivity contribution in [1.29, 1.82) is 0 Å². The molecule has 2 aromatic rings. The maximum atomic E-state index is 9.63. The van der Waals surface area contributed by atoms with Gasteiger partial charge in [0, 0.05) is 23.1 Å². The Morgan fingerprint density at radius 3 is 2.67 bits per heavy atom. The summed E-state index contributed by atoms with van der Waals surface area (Å²) in [5, 5.41) is 14.5. The van der Waals surface area contributed by atoms with Crippen molar-refractivity contribution in [2.24, 2.45) is 0 Å². The molecule has 1 heterocycles. The van der Waals surface area contributed by atoms with E-state index in [2.05, 4.69) is 16.5 Å². The molecule has 0 saturated heterocycles. The number of benzene rings is 1. The summed E-state index contributed by atoms with van der Waals surface area (Å²) in [7, 11) is 0. The molecule has 21 heavy (non-hydrogen) atoms. The van der Waals surface area contributed by atoms with Crippen molar-refractivity contribution in [3.05, 3.63) is 30.0 Å². The van der Waals surface area contributed by atoms with Gasteiger partial charge in [-0.15, -0.1) is 0 Å². The van der Waals surface area contributed by atoms with E-state index in [0.29, 0.717) is 11.8 Å². The van der Waals surface area contributed by atoms with Gasteiger partial charge in [-0.05, 0) is 49.6 Å². The molecule has 1 aromatic heterocycles. The molecule has 1 saturated carbocycles. The second-order valence-electron chi connectivity index (χ2n) is 6.29. The van der Waals surface area contributed by atoms with Crippen LogP contribution in [0.15, 0.2) is 24.4 Å². The first-order chi connectivity index (χ1) is 10.3. The Labute approximate surface area is 126 Å². The molecule has 3 nitrogen and oxygen atoms in total. The fourth-order valence-corrected chi connectivity index (χ4v) is 3.44. The highest BCUT2D eigenvalue weighted by atomic mass is 16.3. The smallest absolute Gasteiger partial charge is 0.116 e. The normalized spacial score (nSPS) is 17.7. The number of nitrogens with one attached hydrogen (secondary N) is 2. The molecular weight excluding hydrogens is 260 g/mol. The SMILES string of the molecule is Oc1ccc2[nH]cc(CCNC3CCCCCCC3)c2c1. The van der Waals surface area contributed by atoms with Crippen molar-refractivity contribution in [3.63, 3.8) is 0 Å². The number of hydrogen-bond donors (Lipinski definition) is 3. The average molecular weight is 286 g/mol. The largest absolute Gasteiger partial charge is 0.508 e. The predicted octanol–water partition coefficient (Wildman–Crippen LogP) is 4.12. The van der Waals surface area contributed by atoms with Gasteiger partial charge in [-0.1, -0.05) is 32.1 Å². The van der Waals surface area contributed by atoms with Gasteiger partial charge in [0.05, 0.1) is 0 Å². The third kappa shape index (κ3) is 3.79. The van der Waals surface area contributed by atoms with Crippen LogP contribution in [0.4, 0.5) is 0 Å². The molecule has 3 N–H and O–H groups in total. The molecule has 0 radical (unpaired) electrons. The summed E-state index contributed by atoms with van der Waals surface area (Å²) in [6.45, 7) is 1.02. The Hall–Kier alpha value is -1.48. The van der Waals surface area contributed by atoms with Crippen LogP contribution in [0.3, 0.4) is 0 Å². The molecule has 1 fully saturated rings. The molecular formula is C18H26N2O. The Morgan fingerprint density at radius 2 is 1.86 bits per heavy atom. The third-order valence-corrected chi connectivity index (χ3v) is 4.68. The van der Waals surface area contributed by atoms with Crippen LogP contribution in [0, 0.1) is 0 Å². The second-order valence-corrected chi connectivity index (χ2v) is 6.29. The third-order valence-electron chi connectivity index (χ3n) is 4.68. The Kier molecular flexibility index (Phi) is 4.81. The molecule has 1 aliphatic rings. The van der Waals surface area contributed by atoms with Gasteiger partial charge in [0.1, 0.15) is 5.75 Å². The molecule has 0 unspecified atom stereocenters. The van der Waals surface area contributed by atoms with E-state index in [0.717, 1.165) is 23.9 Å². The average Bonchev–Trinajstić information content (AvgIpc) is 2.83. The zero-order chi connectivity index (χ0) is 14.5. The van der Waals surface area contributed by atoms with E-state index < -0.39 is 0 Å². The number of rotatable bonds is 4. The molecule has 0 atom stereocenters. The van der Waals surface area contributed by atoms with E-state index in [9.17, 15) is 5.11 Å². The highest BCUT2D eigenvalue weighted by Crippen LogP contribution is 2.23. The van der Waals surface area contributed by atoms with Crippen LogP contribution < -0.4 is 5.32 Å². The minimum absolute atomic E-state index is 0.344. The summed E-state index contributed by atoms with van der Waals surface area (Å²) in [6.07, 6.45) is 12.7. The van der Waals surface area contributed by atoms with Crippen molar-refractivity contribution < 1.29 is 5.11 Å². The Bertz CT molecular complexity index is 568. The molecule has 0 amide bonds. The summed E-state index contributed by atoms with van der Waals surface area (Å²) in [5.74, 6) is 0.344. The number of phenolic OH excluding ortho intramolecular Hbond substituents is 1. The molecule has 0 aliphatic heterocycles. The Balaban J connectivity index is 1.55. The van der Waals surface area contributed by atoms with Gasteiger partial charge in [-0.2, -0.15) is 0 Å². The molecule has 114 valence electrons.